The van der Waals surface area contributed by atoms with Gasteiger partial charge in [0.2, 0.25) is 0 Å². The van der Waals surface area contributed by atoms with Gasteiger partial charge in [0.05, 0.1) is 10.6 Å². The van der Waals surface area contributed by atoms with Crippen LogP contribution in [0.4, 0.5) is 0 Å². The Hall–Kier alpha value is -1.81. The van der Waals surface area contributed by atoms with Crippen LogP contribution in [0.25, 0.3) is 0 Å². The number of hydrogen-bond acceptors (Lipinski definition) is 3. The molecular weight excluding hydrogens is 258 g/mol. The average molecular weight is 271 g/mol. The van der Waals surface area contributed by atoms with Gasteiger partial charge >= 0.3 is 5.97 Å². The van der Waals surface area contributed by atoms with Gasteiger partial charge in [-0.1, -0.05) is 24.3 Å². The summed E-state index contributed by atoms with van der Waals surface area (Å²) in [4.78, 5) is 14.9. The second kappa shape index (κ2) is 5.05. The third-order valence-electron chi connectivity index (χ3n) is 3.38. The first kappa shape index (κ1) is 12.2. The molecule has 1 atom stereocenters. The maximum absolute atomic E-state index is 10.7. The maximum Gasteiger partial charge on any atom is 0.337 e. The van der Waals surface area contributed by atoms with E-state index in [1.807, 2.05) is 0 Å². The molecule has 0 saturated carbocycles. The van der Waals surface area contributed by atoms with E-state index in [0.29, 0.717) is 5.92 Å². The minimum Gasteiger partial charge on any atom is -0.478 e. The summed E-state index contributed by atoms with van der Waals surface area (Å²) in [6.07, 6.45) is 2.55. The first-order valence-electron chi connectivity index (χ1n) is 6.14. The number of aromatic carboxylic acids is 1. The van der Waals surface area contributed by atoms with Gasteiger partial charge in [-0.3, -0.25) is 0 Å². The van der Waals surface area contributed by atoms with E-state index in [-0.39, 0.29) is 5.56 Å². The highest BCUT2D eigenvalue weighted by Crippen LogP contribution is 2.38. The molecule has 1 aliphatic rings. The van der Waals surface area contributed by atoms with Crippen molar-refractivity contribution in [1.82, 2.24) is 4.98 Å². The normalized spacial score (nSPS) is 16.5. The van der Waals surface area contributed by atoms with E-state index in [0.717, 1.165) is 17.2 Å². The number of carbonyl (C=O) groups is 1. The van der Waals surface area contributed by atoms with Crippen molar-refractivity contribution in [1.29, 1.82) is 0 Å². The molecular formula is C15H13NO2S. The van der Waals surface area contributed by atoms with Crippen LogP contribution >= 0.6 is 11.8 Å². The number of nitrogens with zero attached hydrogens (tertiary/aromatic N) is 1. The number of thioether (sulfide) groups is 1. The molecule has 0 bridgehead atoms. The third kappa shape index (κ3) is 2.49. The molecule has 1 aromatic carbocycles. The van der Waals surface area contributed by atoms with Crippen molar-refractivity contribution in [3.63, 3.8) is 0 Å². The van der Waals surface area contributed by atoms with Crippen molar-refractivity contribution in [2.24, 2.45) is 0 Å². The molecule has 1 aromatic heterocycles. The summed E-state index contributed by atoms with van der Waals surface area (Å²) >= 11 is 1.68. The molecule has 1 N–H and O–H groups in total. The Morgan fingerprint density at radius 1 is 1.32 bits per heavy atom. The molecule has 4 heteroatoms. The molecule has 3 rings (SSSR count). The van der Waals surface area contributed by atoms with Gasteiger partial charge in [-0.25, -0.2) is 9.78 Å². The molecule has 0 radical (unpaired) electrons. The van der Waals surface area contributed by atoms with Crippen molar-refractivity contribution in [2.45, 2.75) is 17.4 Å². The summed E-state index contributed by atoms with van der Waals surface area (Å²) in [6.45, 7) is 0. The van der Waals surface area contributed by atoms with Crippen LogP contribution in [0, 0.1) is 0 Å². The van der Waals surface area contributed by atoms with E-state index in [1.165, 1.54) is 17.3 Å². The Kier molecular flexibility index (Phi) is 3.25. The standard InChI is InChI=1S/C15H13NO2S/c17-15(18)11-5-6-14(16-8-11)19-9-12-7-10-3-1-2-4-13(10)12/h1-6,8,12H,7,9H2,(H,17,18). The van der Waals surface area contributed by atoms with Crippen LogP contribution in [-0.2, 0) is 6.42 Å². The number of rotatable bonds is 4. The molecule has 96 valence electrons. The molecule has 19 heavy (non-hydrogen) atoms. The van der Waals surface area contributed by atoms with E-state index < -0.39 is 5.97 Å². The largest absolute Gasteiger partial charge is 0.478 e. The molecule has 1 unspecified atom stereocenters. The van der Waals surface area contributed by atoms with E-state index in [4.69, 9.17) is 5.11 Å². The highest BCUT2D eigenvalue weighted by molar-refractivity contribution is 7.99. The predicted molar refractivity (Wildman–Crippen MR) is 74.8 cm³/mol. The Bertz CT molecular complexity index is 610. The van der Waals surface area contributed by atoms with Crippen molar-refractivity contribution < 1.29 is 9.90 Å². The second-order valence-corrected chi connectivity index (χ2v) is 5.64. The Morgan fingerprint density at radius 3 is 2.84 bits per heavy atom. The van der Waals surface area contributed by atoms with Gasteiger partial charge in [0.15, 0.2) is 0 Å². The molecule has 0 aliphatic heterocycles. The number of carboxylic acid groups (broad SMARTS) is 1. The van der Waals surface area contributed by atoms with Gasteiger partial charge in [0.25, 0.3) is 0 Å². The number of carboxylic acids is 1. The van der Waals surface area contributed by atoms with Crippen LogP contribution < -0.4 is 0 Å². The zero-order chi connectivity index (χ0) is 13.2. The summed E-state index contributed by atoms with van der Waals surface area (Å²) in [6, 6.07) is 11.9. The van der Waals surface area contributed by atoms with Gasteiger partial charge in [0, 0.05) is 11.9 Å². The quantitative estimate of drug-likeness (QED) is 0.867. The van der Waals surface area contributed by atoms with Crippen LogP contribution in [0.5, 0.6) is 0 Å². The minimum absolute atomic E-state index is 0.235. The first-order chi connectivity index (χ1) is 9.24. The topological polar surface area (TPSA) is 50.2 Å². The summed E-state index contributed by atoms with van der Waals surface area (Å²) in [5.74, 6) is 0.662. The summed E-state index contributed by atoms with van der Waals surface area (Å²) in [5.41, 5.74) is 3.12. The lowest BCUT2D eigenvalue weighted by Gasteiger charge is -2.29. The molecule has 1 heterocycles. The van der Waals surface area contributed by atoms with E-state index >= 15 is 0 Å². The van der Waals surface area contributed by atoms with E-state index in [9.17, 15) is 4.79 Å². The number of fused-ring (bicyclic) bond motifs is 1. The molecule has 0 fully saturated rings. The van der Waals surface area contributed by atoms with Crippen LogP contribution in [-0.4, -0.2) is 21.8 Å². The zero-order valence-corrected chi connectivity index (χ0v) is 11.1. The molecule has 2 aromatic rings. The van der Waals surface area contributed by atoms with E-state index in [2.05, 4.69) is 29.2 Å². The predicted octanol–water partition coefficient (Wildman–Crippen LogP) is 3.21. The highest BCUT2D eigenvalue weighted by atomic mass is 32.2. The van der Waals surface area contributed by atoms with Crippen molar-refractivity contribution >= 4 is 17.7 Å². The van der Waals surface area contributed by atoms with Gasteiger partial charge < -0.3 is 5.11 Å². The lowest BCUT2D eigenvalue weighted by Crippen LogP contribution is -2.18. The maximum atomic E-state index is 10.7. The Labute approximate surface area is 115 Å². The average Bonchev–Trinajstić information content (AvgIpc) is 2.40. The van der Waals surface area contributed by atoms with Gasteiger partial charge in [-0.05, 0) is 35.6 Å². The monoisotopic (exact) mass is 271 g/mol. The fraction of sp³-hybridized carbons (Fsp3) is 0.200. The van der Waals surface area contributed by atoms with Gasteiger partial charge in [-0.15, -0.1) is 11.8 Å². The second-order valence-electron chi connectivity index (χ2n) is 4.60. The third-order valence-corrected chi connectivity index (χ3v) is 4.48. The minimum atomic E-state index is -0.933. The van der Waals surface area contributed by atoms with Crippen LogP contribution in [0.1, 0.15) is 27.4 Å². The number of aromatic nitrogens is 1. The summed E-state index contributed by atoms with van der Waals surface area (Å²) in [7, 11) is 0. The highest BCUT2D eigenvalue weighted by Gasteiger charge is 2.25. The summed E-state index contributed by atoms with van der Waals surface area (Å²) in [5, 5.41) is 9.69. The lowest BCUT2D eigenvalue weighted by molar-refractivity contribution is 0.0696. The fourth-order valence-corrected chi connectivity index (χ4v) is 3.25. The summed E-state index contributed by atoms with van der Waals surface area (Å²) < 4.78 is 0. The SMILES string of the molecule is O=C(O)c1ccc(SCC2Cc3ccccc32)nc1. The van der Waals surface area contributed by atoms with Crippen molar-refractivity contribution in [2.75, 3.05) is 5.75 Å². The fourth-order valence-electron chi connectivity index (χ4n) is 2.29. The molecule has 3 nitrogen and oxygen atoms in total. The molecule has 0 saturated heterocycles. The smallest absolute Gasteiger partial charge is 0.337 e. The van der Waals surface area contributed by atoms with Crippen LogP contribution in [0.15, 0.2) is 47.6 Å². The van der Waals surface area contributed by atoms with Crippen LogP contribution in [0.2, 0.25) is 0 Å². The Morgan fingerprint density at radius 2 is 2.16 bits per heavy atom. The lowest BCUT2D eigenvalue weighted by atomic mass is 9.79. The van der Waals surface area contributed by atoms with Crippen LogP contribution in [0.3, 0.4) is 0 Å². The van der Waals surface area contributed by atoms with E-state index in [1.54, 1.807) is 23.9 Å². The number of hydrogen-bond donors (Lipinski definition) is 1. The first-order valence-corrected chi connectivity index (χ1v) is 7.12. The van der Waals surface area contributed by atoms with Crippen molar-refractivity contribution in [3.05, 3.63) is 59.3 Å². The molecule has 1 aliphatic carbocycles. The zero-order valence-electron chi connectivity index (χ0n) is 10.2. The molecule has 0 amide bonds. The number of benzene rings is 1. The number of pyridine rings is 1. The van der Waals surface area contributed by atoms with Crippen molar-refractivity contribution in [3.8, 4) is 0 Å². The Balaban J connectivity index is 1.60. The molecule has 0 spiro atoms. The van der Waals surface area contributed by atoms with Gasteiger partial charge in [0.1, 0.15) is 0 Å². The van der Waals surface area contributed by atoms with Gasteiger partial charge in [-0.2, -0.15) is 0 Å².